The Balaban J connectivity index is 1.90. The van der Waals surface area contributed by atoms with Gasteiger partial charge in [-0.05, 0) is 37.7 Å². The van der Waals surface area contributed by atoms with Gasteiger partial charge in [0, 0.05) is 12.4 Å². The summed E-state index contributed by atoms with van der Waals surface area (Å²) in [6.45, 7) is 6.12. The molecule has 0 saturated heterocycles. The maximum Gasteiger partial charge on any atom is 0.261 e. The van der Waals surface area contributed by atoms with Crippen molar-refractivity contribution in [3.63, 3.8) is 0 Å². The molecule has 2 aromatic heterocycles. The Hall–Kier alpha value is -1.40. The van der Waals surface area contributed by atoms with E-state index >= 15 is 0 Å². The van der Waals surface area contributed by atoms with Crippen LogP contribution in [0.2, 0.25) is 0 Å². The number of rotatable bonds is 5. The van der Waals surface area contributed by atoms with E-state index in [1.165, 1.54) is 11.3 Å². The molecule has 0 aromatic carbocycles. The molecular formula is C16H23N3O2S. The van der Waals surface area contributed by atoms with Crippen LogP contribution < -0.4 is 5.32 Å². The van der Waals surface area contributed by atoms with Gasteiger partial charge in [0.25, 0.3) is 5.91 Å². The van der Waals surface area contributed by atoms with Crippen LogP contribution in [0, 0.1) is 5.92 Å². The van der Waals surface area contributed by atoms with Gasteiger partial charge in [-0.15, -0.1) is 11.3 Å². The van der Waals surface area contributed by atoms with E-state index in [2.05, 4.69) is 24.3 Å². The lowest BCUT2D eigenvalue weighted by atomic mass is 9.97. The number of thiophene rings is 1. The number of hydrogen-bond acceptors (Lipinski definition) is 4. The quantitative estimate of drug-likeness (QED) is 0.889. The van der Waals surface area contributed by atoms with Crippen molar-refractivity contribution in [2.75, 3.05) is 6.61 Å². The molecule has 1 saturated carbocycles. The van der Waals surface area contributed by atoms with Crippen LogP contribution in [0.3, 0.4) is 0 Å². The number of aliphatic hydroxyl groups excluding tert-OH is 1. The zero-order valence-corrected chi connectivity index (χ0v) is 14.3. The SMILES string of the molecule is CC(C)c1nn(C)c2sc(C(=O)NC(C)(CO)C3CC3)cc12. The van der Waals surface area contributed by atoms with E-state index in [0.29, 0.717) is 16.7 Å². The standard InChI is InChI=1S/C16H23N3O2S/c1-9(2)13-11-7-12(22-15(11)19(4)18-13)14(21)17-16(3,8-20)10-5-6-10/h7,9-10,20H,5-6,8H2,1-4H3,(H,17,21). The first-order valence-corrected chi connectivity index (χ1v) is 8.57. The summed E-state index contributed by atoms with van der Waals surface area (Å²) in [7, 11) is 1.91. The van der Waals surface area contributed by atoms with Crippen molar-refractivity contribution in [2.24, 2.45) is 13.0 Å². The molecule has 0 radical (unpaired) electrons. The Kier molecular flexibility index (Phi) is 3.77. The van der Waals surface area contributed by atoms with Crippen molar-refractivity contribution in [3.8, 4) is 0 Å². The first-order valence-electron chi connectivity index (χ1n) is 7.75. The topological polar surface area (TPSA) is 67.2 Å². The van der Waals surface area contributed by atoms with Crippen molar-refractivity contribution < 1.29 is 9.90 Å². The van der Waals surface area contributed by atoms with Crippen LogP contribution in [0.15, 0.2) is 6.07 Å². The highest BCUT2D eigenvalue weighted by molar-refractivity contribution is 7.20. The molecule has 1 aliphatic rings. The van der Waals surface area contributed by atoms with E-state index in [-0.39, 0.29) is 12.5 Å². The highest BCUT2D eigenvalue weighted by Gasteiger charge is 2.42. The number of carbonyl (C=O) groups excluding carboxylic acids is 1. The number of carbonyl (C=O) groups is 1. The molecule has 2 heterocycles. The predicted molar refractivity (Wildman–Crippen MR) is 88.4 cm³/mol. The summed E-state index contributed by atoms with van der Waals surface area (Å²) in [5.74, 6) is 0.617. The molecule has 3 rings (SSSR count). The zero-order valence-electron chi connectivity index (χ0n) is 13.5. The van der Waals surface area contributed by atoms with Crippen LogP contribution in [-0.4, -0.2) is 32.9 Å². The third-order valence-corrected chi connectivity index (χ3v) is 5.72. The minimum absolute atomic E-state index is 0.0207. The lowest BCUT2D eigenvalue weighted by Crippen LogP contribution is -2.50. The molecule has 1 atom stereocenters. The fraction of sp³-hybridized carbons (Fsp3) is 0.625. The average Bonchev–Trinajstić information content (AvgIpc) is 3.16. The number of nitrogens with one attached hydrogen (secondary N) is 1. The summed E-state index contributed by atoms with van der Waals surface area (Å²) in [4.78, 5) is 14.3. The highest BCUT2D eigenvalue weighted by Crippen LogP contribution is 2.40. The summed E-state index contributed by atoms with van der Waals surface area (Å²) in [5.41, 5.74) is 0.520. The summed E-state index contributed by atoms with van der Waals surface area (Å²) in [5, 5.41) is 18.3. The van der Waals surface area contributed by atoms with Crippen molar-refractivity contribution in [2.45, 2.75) is 45.1 Å². The molecule has 2 N–H and O–H groups in total. The lowest BCUT2D eigenvalue weighted by molar-refractivity contribution is 0.0829. The highest BCUT2D eigenvalue weighted by atomic mass is 32.1. The number of aryl methyl sites for hydroxylation is 1. The Morgan fingerprint density at radius 1 is 1.59 bits per heavy atom. The van der Waals surface area contributed by atoms with Gasteiger partial charge in [0.2, 0.25) is 0 Å². The molecule has 1 aliphatic carbocycles. The molecular weight excluding hydrogens is 298 g/mol. The van der Waals surface area contributed by atoms with E-state index in [4.69, 9.17) is 0 Å². The van der Waals surface area contributed by atoms with Crippen molar-refractivity contribution in [3.05, 3.63) is 16.6 Å². The number of aliphatic hydroxyl groups is 1. The molecule has 2 aromatic rings. The van der Waals surface area contributed by atoms with Crippen molar-refractivity contribution >= 4 is 27.5 Å². The first kappa shape index (κ1) is 15.5. The van der Waals surface area contributed by atoms with Gasteiger partial charge in [0.15, 0.2) is 0 Å². The van der Waals surface area contributed by atoms with E-state index in [9.17, 15) is 9.90 Å². The molecule has 0 aliphatic heterocycles. The first-order chi connectivity index (χ1) is 10.4. The maximum atomic E-state index is 12.6. The van der Waals surface area contributed by atoms with E-state index in [1.54, 1.807) is 0 Å². The van der Waals surface area contributed by atoms with Gasteiger partial charge >= 0.3 is 0 Å². The molecule has 5 nitrogen and oxygen atoms in total. The second-order valence-electron chi connectivity index (χ2n) is 6.80. The molecule has 120 valence electrons. The number of aromatic nitrogens is 2. The van der Waals surface area contributed by atoms with Crippen LogP contribution in [0.1, 0.15) is 54.9 Å². The smallest absolute Gasteiger partial charge is 0.261 e. The van der Waals surface area contributed by atoms with Crippen LogP contribution in [-0.2, 0) is 7.05 Å². The predicted octanol–water partition coefficient (Wildman–Crippen LogP) is 2.65. The summed E-state index contributed by atoms with van der Waals surface area (Å²) < 4.78 is 1.85. The second kappa shape index (κ2) is 5.35. The maximum absolute atomic E-state index is 12.6. The van der Waals surface area contributed by atoms with Gasteiger partial charge in [-0.25, -0.2) is 0 Å². The van der Waals surface area contributed by atoms with E-state index in [0.717, 1.165) is 28.8 Å². The van der Waals surface area contributed by atoms with Crippen LogP contribution >= 0.6 is 11.3 Å². The van der Waals surface area contributed by atoms with Crippen LogP contribution in [0.4, 0.5) is 0 Å². The van der Waals surface area contributed by atoms with E-state index in [1.807, 2.05) is 24.7 Å². The van der Waals surface area contributed by atoms with Crippen molar-refractivity contribution in [1.29, 1.82) is 0 Å². The molecule has 1 unspecified atom stereocenters. The Morgan fingerprint density at radius 2 is 2.27 bits per heavy atom. The molecule has 1 amide bonds. The zero-order chi connectivity index (χ0) is 16.1. The third-order valence-electron chi connectivity index (χ3n) is 4.52. The van der Waals surface area contributed by atoms with E-state index < -0.39 is 5.54 Å². The van der Waals surface area contributed by atoms with Gasteiger partial charge in [-0.1, -0.05) is 13.8 Å². The fourth-order valence-corrected chi connectivity index (χ4v) is 3.89. The van der Waals surface area contributed by atoms with Gasteiger partial charge in [0.05, 0.1) is 22.7 Å². The van der Waals surface area contributed by atoms with Gasteiger partial charge in [-0.3, -0.25) is 9.48 Å². The average molecular weight is 321 g/mol. The third kappa shape index (κ3) is 2.54. The van der Waals surface area contributed by atoms with Gasteiger partial charge < -0.3 is 10.4 Å². The van der Waals surface area contributed by atoms with Gasteiger partial charge in [-0.2, -0.15) is 5.10 Å². The fourth-order valence-electron chi connectivity index (χ4n) is 2.92. The molecule has 6 heteroatoms. The minimum Gasteiger partial charge on any atom is -0.394 e. The molecule has 0 spiro atoms. The normalized spacial score (nSPS) is 17.9. The molecule has 0 bridgehead atoms. The largest absolute Gasteiger partial charge is 0.394 e. The number of hydrogen-bond donors (Lipinski definition) is 2. The lowest BCUT2D eigenvalue weighted by Gasteiger charge is -2.28. The van der Waals surface area contributed by atoms with Crippen molar-refractivity contribution in [1.82, 2.24) is 15.1 Å². The number of fused-ring (bicyclic) bond motifs is 1. The Bertz CT molecular complexity index is 714. The molecule has 1 fully saturated rings. The summed E-state index contributed by atoms with van der Waals surface area (Å²) >= 11 is 1.46. The number of nitrogens with zero attached hydrogens (tertiary/aromatic N) is 2. The molecule has 22 heavy (non-hydrogen) atoms. The monoisotopic (exact) mass is 321 g/mol. The second-order valence-corrected chi connectivity index (χ2v) is 7.83. The van der Waals surface area contributed by atoms with Crippen LogP contribution in [0.5, 0.6) is 0 Å². The number of amides is 1. The minimum atomic E-state index is -0.508. The van der Waals surface area contributed by atoms with Crippen LogP contribution in [0.25, 0.3) is 10.2 Å². The Labute approximate surface area is 134 Å². The van der Waals surface area contributed by atoms with Gasteiger partial charge in [0.1, 0.15) is 4.83 Å². The summed E-state index contributed by atoms with van der Waals surface area (Å²) in [6.07, 6.45) is 2.15. The summed E-state index contributed by atoms with van der Waals surface area (Å²) in [6, 6.07) is 1.93. The Morgan fingerprint density at radius 3 is 2.82 bits per heavy atom.